The number of fused-ring (bicyclic) bond motifs is 1. The van der Waals surface area contributed by atoms with Crippen LogP contribution in [-0.2, 0) is 0 Å². The summed E-state index contributed by atoms with van der Waals surface area (Å²) in [6.45, 7) is -0.0488. The first-order chi connectivity index (χ1) is 9.78. The van der Waals surface area contributed by atoms with Crippen LogP contribution in [0.25, 0.3) is 10.1 Å². The maximum absolute atomic E-state index is 12.0. The summed E-state index contributed by atoms with van der Waals surface area (Å²) in [4.78, 5) is 12.2. The van der Waals surface area contributed by atoms with Crippen molar-refractivity contribution in [1.82, 2.24) is 5.32 Å². The molecule has 1 aromatic heterocycles. The van der Waals surface area contributed by atoms with E-state index in [2.05, 4.69) is 5.32 Å². The highest BCUT2D eigenvalue weighted by molar-refractivity contribution is 7.21. The predicted molar refractivity (Wildman–Crippen MR) is 78.9 cm³/mol. The molecule has 0 aliphatic rings. The maximum Gasteiger partial charge on any atom is 0.389 e. The zero-order valence-electron chi connectivity index (χ0n) is 10.8. The van der Waals surface area contributed by atoms with Crippen LogP contribution < -0.4 is 11.1 Å². The van der Waals surface area contributed by atoms with E-state index in [-0.39, 0.29) is 13.0 Å². The van der Waals surface area contributed by atoms with Crippen molar-refractivity contribution in [3.63, 3.8) is 0 Å². The molecule has 0 bridgehead atoms. The number of benzene rings is 1. The van der Waals surface area contributed by atoms with Crippen LogP contribution in [0.15, 0.2) is 18.2 Å². The number of anilines is 1. The second-order valence-electron chi connectivity index (χ2n) is 4.46. The molecule has 0 unspecified atom stereocenters. The van der Waals surface area contributed by atoms with Crippen LogP contribution in [0.3, 0.4) is 0 Å². The van der Waals surface area contributed by atoms with Crippen molar-refractivity contribution in [2.24, 2.45) is 0 Å². The van der Waals surface area contributed by atoms with Crippen molar-refractivity contribution < 1.29 is 18.0 Å². The quantitative estimate of drug-likeness (QED) is 0.822. The lowest BCUT2D eigenvalue weighted by molar-refractivity contribution is -0.135. The summed E-state index contributed by atoms with van der Waals surface area (Å²) in [5, 5.41) is 3.62. The highest BCUT2D eigenvalue weighted by Gasteiger charge is 2.26. The van der Waals surface area contributed by atoms with Crippen LogP contribution in [0.5, 0.6) is 0 Å². The molecule has 2 rings (SSSR count). The van der Waals surface area contributed by atoms with Crippen LogP contribution in [0.2, 0.25) is 5.02 Å². The molecular formula is C13H12ClF3N2OS. The molecule has 0 aliphatic heterocycles. The van der Waals surface area contributed by atoms with E-state index in [0.717, 1.165) is 4.70 Å². The molecule has 114 valence electrons. The first kappa shape index (κ1) is 15.9. The number of nitrogens with one attached hydrogen (secondary N) is 1. The largest absolute Gasteiger partial charge is 0.397 e. The van der Waals surface area contributed by atoms with Gasteiger partial charge in [0.25, 0.3) is 5.91 Å². The van der Waals surface area contributed by atoms with Crippen molar-refractivity contribution >= 4 is 44.6 Å². The average Bonchev–Trinajstić information content (AvgIpc) is 2.71. The van der Waals surface area contributed by atoms with E-state index < -0.39 is 18.5 Å². The highest BCUT2D eigenvalue weighted by atomic mass is 35.5. The lowest BCUT2D eigenvalue weighted by Crippen LogP contribution is -2.25. The van der Waals surface area contributed by atoms with E-state index in [1.807, 2.05) is 0 Å². The Balaban J connectivity index is 2.04. The molecule has 0 saturated heterocycles. The van der Waals surface area contributed by atoms with E-state index in [4.69, 9.17) is 17.3 Å². The minimum absolute atomic E-state index is 0.0488. The minimum atomic E-state index is -4.21. The third kappa shape index (κ3) is 4.01. The summed E-state index contributed by atoms with van der Waals surface area (Å²) in [5.41, 5.74) is 6.19. The van der Waals surface area contributed by atoms with Gasteiger partial charge in [0.1, 0.15) is 4.88 Å². The van der Waals surface area contributed by atoms with Gasteiger partial charge in [-0.15, -0.1) is 11.3 Å². The van der Waals surface area contributed by atoms with Crippen molar-refractivity contribution in [2.45, 2.75) is 19.0 Å². The maximum atomic E-state index is 12.0. The molecule has 0 atom stereocenters. The molecule has 0 saturated carbocycles. The molecule has 3 nitrogen and oxygen atoms in total. The summed E-state index contributed by atoms with van der Waals surface area (Å²) in [6, 6.07) is 5.09. The Morgan fingerprint density at radius 2 is 2.10 bits per heavy atom. The molecule has 2 aromatic rings. The fraction of sp³-hybridized carbons (Fsp3) is 0.308. The summed E-state index contributed by atoms with van der Waals surface area (Å²) < 4.78 is 36.8. The molecule has 21 heavy (non-hydrogen) atoms. The monoisotopic (exact) mass is 336 g/mol. The smallest absolute Gasteiger partial charge is 0.389 e. The number of hydrogen-bond acceptors (Lipinski definition) is 3. The Hall–Kier alpha value is -1.47. The highest BCUT2D eigenvalue weighted by Crippen LogP contribution is 2.35. The number of halogens is 4. The normalized spacial score (nSPS) is 11.8. The molecule has 8 heteroatoms. The Morgan fingerprint density at radius 3 is 2.76 bits per heavy atom. The van der Waals surface area contributed by atoms with Gasteiger partial charge >= 0.3 is 6.18 Å². The Bertz CT molecular complexity index is 669. The first-order valence-electron chi connectivity index (χ1n) is 6.10. The fourth-order valence-corrected chi connectivity index (χ4v) is 3.02. The first-order valence-corrected chi connectivity index (χ1v) is 7.30. The number of thiophene rings is 1. The van der Waals surface area contributed by atoms with E-state index >= 15 is 0 Å². The number of carbonyl (C=O) groups is 1. The summed E-state index contributed by atoms with van der Waals surface area (Å²) in [5.74, 6) is -0.466. The molecule has 1 amide bonds. The fourth-order valence-electron chi connectivity index (χ4n) is 1.83. The molecule has 1 aromatic carbocycles. The van der Waals surface area contributed by atoms with Crippen LogP contribution >= 0.6 is 22.9 Å². The minimum Gasteiger partial charge on any atom is -0.397 e. The second-order valence-corrected chi connectivity index (χ2v) is 5.95. The van der Waals surface area contributed by atoms with Gasteiger partial charge in [-0.05, 0) is 24.6 Å². The molecule has 3 N–H and O–H groups in total. The number of amides is 1. The number of alkyl halides is 3. The average molecular weight is 337 g/mol. The van der Waals surface area contributed by atoms with Crippen LogP contribution in [0.4, 0.5) is 18.9 Å². The number of rotatable bonds is 4. The molecular weight excluding hydrogens is 325 g/mol. The molecule has 0 spiro atoms. The van der Waals surface area contributed by atoms with E-state index in [0.29, 0.717) is 21.0 Å². The van der Waals surface area contributed by atoms with Crippen molar-refractivity contribution in [3.05, 3.63) is 28.1 Å². The van der Waals surface area contributed by atoms with Gasteiger partial charge in [-0.1, -0.05) is 11.6 Å². The molecule has 0 fully saturated rings. The molecule has 1 heterocycles. The number of nitrogen functional groups attached to an aromatic ring is 1. The van der Waals surface area contributed by atoms with Gasteiger partial charge in [0, 0.05) is 28.1 Å². The Kier molecular flexibility index (Phi) is 4.63. The van der Waals surface area contributed by atoms with Crippen molar-refractivity contribution in [2.75, 3.05) is 12.3 Å². The lowest BCUT2D eigenvalue weighted by atomic mass is 10.2. The zero-order valence-corrected chi connectivity index (χ0v) is 12.3. The van der Waals surface area contributed by atoms with E-state index in [1.54, 1.807) is 18.2 Å². The van der Waals surface area contributed by atoms with Gasteiger partial charge < -0.3 is 11.1 Å². The van der Waals surface area contributed by atoms with Gasteiger partial charge in [0.05, 0.1) is 5.69 Å². The van der Waals surface area contributed by atoms with Crippen molar-refractivity contribution in [3.8, 4) is 0 Å². The van der Waals surface area contributed by atoms with Gasteiger partial charge in [-0.3, -0.25) is 4.79 Å². The Morgan fingerprint density at radius 1 is 1.38 bits per heavy atom. The summed E-state index contributed by atoms with van der Waals surface area (Å²) in [6.07, 6.45) is -5.30. The topological polar surface area (TPSA) is 55.1 Å². The van der Waals surface area contributed by atoms with Gasteiger partial charge in [0.2, 0.25) is 0 Å². The number of hydrogen-bond donors (Lipinski definition) is 2. The van der Waals surface area contributed by atoms with E-state index in [9.17, 15) is 18.0 Å². The van der Waals surface area contributed by atoms with Gasteiger partial charge in [-0.2, -0.15) is 13.2 Å². The van der Waals surface area contributed by atoms with E-state index in [1.165, 1.54) is 11.3 Å². The van der Waals surface area contributed by atoms with Gasteiger partial charge in [-0.25, -0.2) is 0 Å². The standard InChI is InChI=1S/C13H12ClF3N2OS/c14-7-2-3-9-8(6-7)10(18)11(21-9)12(20)19-5-1-4-13(15,16)17/h2-3,6H,1,4-5,18H2,(H,19,20). The summed E-state index contributed by atoms with van der Waals surface area (Å²) >= 11 is 7.05. The SMILES string of the molecule is Nc1c(C(=O)NCCCC(F)(F)F)sc2ccc(Cl)cc12. The van der Waals surface area contributed by atoms with Crippen LogP contribution in [-0.4, -0.2) is 18.6 Å². The Labute approximate surface area is 127 Å². The van der Waals surface area contributed by atoms with Crippen LogP contribution in [0.1, 0.15) is 22.5 Å². The van der Waals surface area contributed by atoms with Gasteiger partial charge in [0.15, 0.2) is 0 Å². The zero-order chi connectivity index (χ0) is 15.6. The van der Waals surface area contributed by atoms with Crippen LogP contribution in [0, 0.1) is 0 Å². The molecule has 0 radical (unpaired) electrons. The third-order valence-corrected chi connectivity index (χ3v) is 4.24. The second kappa shape index (κ2) is 6.11. The molecule has 0 aliphatic carbocycles. The van der Waals surface area contributed by atoms with Crippen molar-refractivity contribution in [1.29, 1.82) is 0 Å². The number of nitrogens with two attached hydrogens (primary N) is 1. The predicted octanol–water partition coefficient (Wildman–Crippen LogP) is 4.21. The summed E-state index contributed by atoms with van der Waals surface area (Å²) in [7, 11) is 0. The number of carbonyl (C=O) groups excluding carboxylic acids is 1. The lowest BCUT2D eigenvalue weighted by Gasteiger charge is -2.07. The third-order valence-electron chi connectivity index (χ3n) is 2.82.